The Morgan fingerprint density at radius 1 is 0.931 bits per heavy atom. The van der Waals surface area contributed by atoms with E-state index in [1.165, 1.54) is 30.0 Å². The molecule has 0 saturated heterocycles. The van der Waals surface area contributed by atoms with Crippen molar-refractivity contribution in [2.45, 2.75) is 4.90 Å². The van der Waals surface area contributed by atoms with Crippen LogP contribution in [-0.2, 0) is 4.79 Å². The highest BCUT2D eigenvalue weighted by atomic mass is 35.5. The molecular weight excluding hydrogens is 434 g/mol. The Balaban J connectivity index is 1.60. The van der Waals surface area contributed by atoms with E-state index in [1.54, 1.807) is 42.5 Å². The maximum absolute atomic E-state index is 13.7. The van der Waals surface area contributed by atoms with Crippen molar-refractivity contribution in [2.24, 2.45) is 0 Å². The molecule has 0 heterocycles. The average Bonchev–Trinajstić information content (AvgIpc) is 2.70. The summed E-state index contributed by atoms with van der Waals surface area (Å²) in [7, 11) is 0. The Hall–Kier alpha value is -2.54. The summed E-state index contributed by atoms with van der Waals surface area (Å²) in [6.45, 7) is 0. The van der Waals surface area contributed by atoms with Crippen molar-refractivity contribution >= 4 is 58.2 Å². The monoisotopic (exact) mass is 448 g/mol. The van der Waals surface area contributed by atoms with E-state index in [0.29, 0.717) is 16.4 Å². The van der Waals surface area contributed by atoms with Crippen LogP contribution in [0.5, 0.6) is 0 Å². The molecule has 3 rings (SSSR count). The second-order valence-corrected chi connectivity index (χ2v) is 7.73. The molecule has 0 fully saturated rings. The Morgan fingerprint density at radius 3 is 2.48 bits per heavy atom. The number of hydrogen-bond donors (Lipinski definition) is 2. The average molecular weight is 449 g/mol. The molecule has 0 aromatic heterocycles. The van der Waals surface area contributed by atoms with Gasteiger partial charge >= 0.3 is 0 Å². The van der Waals surface area contributed by atoms with E-state index in [9.17, 15) is 14.0 Å². The smallest absolute Gasteiger partial charge is 0.258 e. The van der Waals surface area contributed by atoms with Gasteiger partial charge in [0.2, 0.25) is 5.91 Å². The molecule has 3 aromatic carbocycles. The third-order valence-electron chi connectivity index (χ3n) is 3.81. The molecular formula is C21H15Cl2FN2O2S. The molecule has 29 heavy (non-hydrogen) atoms. The molecule has 0 unspecified atom stereocenters. The molecule has 0 aliphatic carbocycles. The van der Waals surface area contributed by atoms with E-state index in [0.717, 1.165) is 4.90 Å². The lowest BCUT2D eigenvalue weighted by molar-refractivity contribution is -0.113. The van der Waals surface area contributed by atoms with Gasteiger partial charge in [0.15, 0.2) is 0 Å². The molecule has 0 saturated carbocycles. The maximum atomic E-state index is 13.7. The predicted octanol–water partition coefficient (Wildman–Crippen LogP) is 6.12. The molecule has 0 radical (unpaired) electrons. The minimum absolute atomic E-state index is 0.0386. The first-order valence-electron chi connectivity index (χ1n) is 8.46. The first-order valence-corrected chi connectivity index (χ1v) is 10.2. The number of carbonyl (C=O) groups is 2. The topological polar surface area (TPSA) is 58.2 Å². The van der Waals surface area contributed by atoms with Crippen LogP contribution in [-0.4, -0.2) is 17.6 Å². The number of carbonyl (C=O) groups excluding carboxylic acids is 2. The number of anilines is 2. The van der Waals surface area contributed by atoms with Gasteiger partial charge in [0.25, 0.3) is 5.91 Å². The normalized spacial score (nSPS) is 10.4. The van der Waals surface area contributed by atoms with Crippen LogP contribution < -0.4 is 10.6 Å². The lowest BCUT2D eigenvalue weighted by Crippen LogP contribution is -2.14. The predicted molar refractivity (Wildman–Crippen MR) is 117 cm³/mol. The van der Waals surface area contributed by atoms with Gasteiger partial charge in [-0.25, -0.2) is 4.39 Å². The summed E-state index contributed by atoms with van der Waals surface area (Å²) in [6.07, 6.45) is 0. The van der Waals surface area contributed by atoms with Gasteiger partial charge in [0.05, 0.1) is 27.0 Å². The van der Waals surface area contributed by atoms with Gasteiger partial charge in [-0.1, -0.05) is 47.5 Å². The fraction of sp³-hybridized carbons (Fsp3) is 0.0476. The number of benzene rings is 3. The van der Waals surface area contributed by atoms with Gasteiger partial charge < -0.3 is 10.6 Å². The minimum Gasteiger partial charge on any atom is -0.324 e. The number of thioether (sulfide) groups is 1. The van der Waals surface area contributed by atoms with E-state index in [1.807, 2.05) is 6.07 Å². The minimum atomic E-state index is -0.591. The van der Waals surface area contributed by atoms with Crippen LogP contribution in [0.2, 0.25) is 10.0 Å². The van der Waals surface area contributed by atoms with Gasteiger partial charge in [-0.2, -0.15) is 0 Å². The summed E-state index contributed by atoms with van der Waals surface area (Å²) in [5.74, 6) is -1.25. The van der Waals surface area contributed by atoms with Gasteiger partial charge in [-0.05, 0) is 42.5 Å². The molecule has 0 atom stereocenters. The molecule has 3 aromatic rings. The highest BCUT2D eigenvalue weighted by Gasteiger charge is 2.12. The zero-order chi connectivity index (χ0) is 20.8. The van der Waals surface area contributed by atoms with Gasteiger partial charge in [0, 0.05) is 10.6 Å². The zero-order valence-electron chi connectivity index (χ0n) is 14.9. The second-order valence-electron chi connectivity index (χ2n) is 5.90. The number of hydrogen-bond acceptors (Lipinski definition) is 3. The highest BCUT2D eigenvalue weighted by Crippen LogP contribution is 2.30. The fourth-order valence-corrected chi connectivity index (χ4v) is 3.55. The summed E-state index contributed by atoms with van der Waals surface area (Å²) >= 11 is 13.3. The quantitative estimate of drug-likeness (QED) is 0.446. The van der Waals surface area contributed by atoms with Crippen LogP contribution in [0.3, 0.4) is 0 Å². The molecule has 4 nitrogen and oxygen atoms in total. The Labute approximate surface area is 181 Å². The van der Waals surface area contributed by atoms with Crippen molar-refractivity contribution in [3.63, 3.8) is 0 Å². The summed E-state index contributed by atoms with van der Waals surface area (Å²) in [6, 6.07) is 17.7. The van der Waals surface area contributed by atoms with Crippen molar-refractivity contribution < 1.29 is 14.0 Å². The van der Waals surface area contributed by atoms with Crippen molar-refractivity contribution in [2.75, 3.05) is 16.4 Å². The van der Waals surface area contributed by atoms with Crippen molar-refractivity contribution in [3.05, 3.63) is 88.2 Å². The van der Waals surface area contributed by atoms with Crippen LogP contribution in [0.25, 0.3) is 0 Å². The van der Waals surface area contributed by atoms with Crippen LogP contribution in [0.15, 0.2) is 71.6 Å². The molecule has 0 aliphatic heterocycles. The van der Waals surface area contributed by atoms with Crippen LogP contribution >= 0.6 is 35.0 Å². The third-order valence-corrected chi connectivity index (χ3v) is 5.62. The lowest BCUT2D eigenvalue weighted by Gasteiger charge is -2.09. The molecule has 2 N–H and O–H groups in total. The number of amides is 2. The number of nitrogens with one attached hydrogen (secondary N) is 2. The summed E-state index contributed by atoms with van der Waals surface area (Å²) in [4.78, 5) is 25.2. The molecule has 148 valence electrons. The van der Waals surface area contributed by atoms with E-state index in [4.69, 9.17) is 23.2 Å². The van der Waals surface area contributed by atoms with E-state index >= 15 is 0 Å². The SMILES string of the molecule is O=C(CSc1cccc(NC(=O)c2ccccc2F)c1)Nc1cccc(Cl)c1Cl. The van der Waals surface area contributed by atoms with Gasteiger partial charge in [0.1, 0.15) is 5.82 Å². The number of rotatable bonds is 6. The van der Waals surface area contributed by atoms with Crippen molar-refractivity contribution in [3.8, 4) is 0 Å². The van der Waals surface area contributed by atoms with E-state index < -0.39 is 11.7 Å². The van der Waals surface area contributed by atoms with Gasteiger partial charge in [-0.15, -0.1) is 11.8 Å². The van der Waals surface area contributed by atoms with E-state index in [2.05, 4.69) is 10.6 Å². The first kappa shape index (κ1) is 21.2. The van der Waals surface area contributed by atoms with Crippen LogP contribution in [0, 0.1) is 5.82 Å². The molecule has 8 heteroatoms. The third kappa shape index (κ3) is 5.73. The molecule has 2 amide bonds. The number of halogens is 3. The first-order chi connectivity index (χ1) is 13.9. The van der Waals surface area contributed by atoms with Gasteiger partial charge in [-0.3, -0.25) is 9.59 Å². The largest absolute Gasteiger partial charge is 0.324 e. The van der Waals surface area contributed by atoms with Crippen LogP contribution in [0.4, 0.5) is 15.8 Å². The van der Waals surface area contributed by atoms with Crippen molar-refractivity contribution in [1.82, 2.24) is 0 Å². The fourth-order valence-electron chi connectivity index (χ4n) is 2.44. The summed E-state index contributed by atoms with van der Waals surface area (Å²) in [5.41, 5.74) is 0.903. The lowest BCUT2D eigenvalue weighted by atomic mass is 10.2. The second kappa shape index (κ2) is 9.78. The Kier molecular flexibility index (Phi) is 7.14. The Morgan fingerprint density at radius 2 is 1.69 bits per heavy atom. The molecule has 0 bridgehead atoms. The standard InChI is InChI=1S/C21H15Cl2FN2O2S/c22-16-8-4-10-18(20(16)23)26-19(27)12-29-14-6-3-5-13(11-14)25-21(28)15-7-1-2-9-17(15)24/h1-11H,12H2,(H,25,28)(H,26,27). The van der Waals surface area contributed by atoms with Crippen molar-refractivity contribution in [1.29, 1.82) is 0 Å². The van der Waals surface area contributed by atoms with Crippen LogP contribution in [0.1, 0.15) is 10.4 Å². The Bertz CT molecular complexity index is 1060. The van der Waals surface area contributed by atoms with E-state index in [-0.39, 0.29) is 22.2 Å². The highest BCUT2D eigenvalue weighted by molar-refractivity contribution is 8.00. The molecule has 0 aliphatic rings. The zero-order valence-corrected chi connectivity index (χ0v) is 17.2. The molecule has 0 spiro atoms. The maximum Gasteiger partial charge on any atom is 0.258 e. The summed E-state index contributed by atoms with van der Waals surface area (Å²) in [5, 5.41) is 6.00. The summed E-state index contributed by atoms with van der Waals surface area (Å²) < 4.78 is 13.7.